The molecular formula is C9H14KNO2. The number of rotatable bonds is 2. The second-order valence-electron chi connectivity index (χ2n) is 3.52. The zero-order valence-corrected chi connectivity index (χ0v) is 7.05. The topological polar surface area (TPSA) is 61.1 Å². The van der Waals surface area contributed by atoms with Gasteiger partial charge in [0.25, 0.3) is 0 Å². The van der Waals surface area contributed by atoms with Crippen LogP contribution in [0.25, 0.3) is 0 Å². The van der Waals surface area contributed by atoms with Crippen molar-refractivity contribution in [3.63, 3.8) is 0 Å². The molecular weight excluding hydrogens is 193 g/mol. The van der Waals surface area contributed by atoms with Gasteiger partial charge < -0.3 is 5.11 Å². The Kier molecular flexibility index (Phi) is 6.43. The number of hydrogen-bond donors (Lipinski definition) is 1. The maximum atomic E-state index is 10.5. The molecule has 1 aliphatic rings. The van der Waals surface area contributed by atoms with Gasteiger partial charge in [0.05, 0.1) is 17.9 Å². The molecule has 0 bridgehead atoms. The SMILES string of the molecule is N#CC1(CC(=O)O)CCCCC1.[KH]. The first-order valence-corrected chi connectivity index (χ1v) is 4.32. The first-order valence-electron chi connectivity index (χ1n) is 4.32. The van der Waals surface area contributed by atoms with Crippen LogP contribution in [0.1, 0.15) is 38.5 Å². The molecule has 0 radical (unpaired) electrons. The third-order valence-electron chi connectivity index (χ3n) is 2.54. The number of nitrogens with zero attached hydrogens (tertiary/aromatic N) is 1. The number of hydrogen-bond acceptors (Lipinski definition) is 2. The van der Waals surface area contributed by atoms with Crippen LogP contribution in [0.15, 0.2) is 0 Å². The molecule has 1 N–H and O–H groups in total. The van der Waals surface area contributed by atoms with Crippen LogP contribution in [-0.2, 0) is 4.79 Å². The van der Waals surface area contributed by atoms with E-state index in [4.69, 9.17) is 10.4 Å². The first kappa shape index (κ1) is 13.6. The van der Waals surface area contributed by atoms with Gasteiger partial charge >= 0.3 is 57.4 Å². The maximum absolute atomic E-state index is 10.5. The van der Waals surface area contributed by atoms with Crippen molar-refractivity contribution < 1.29 is 9.90 Å². The molecule has 0 unspecified atom stereocenters. The molecule has 0 amide bonds. The number of carbonyl (C=O) groups is 1. The summed E-state index contributed by atoms with van der Waals surface area (Å²) < 4.78 is 0. The Labute approximate surface area is 121 Å². The molecule has 3 nitrogen and oxygen atoms in total. The van der Waals surface area contributed by atoms with Crippen molar-refractivity contribution in [3.8, 4) is 6.07 Å². The molecule has 1 rings (SSSR count). The van der Waals surface area contributed by atoms with Gasteiger partial charge in [-0.05, 0) is 12.8 Å². The van der Waals surface area contributed by atoms with E-state index in [0.29, 0.717) is 0 Å². The molecule has 0 aromatic heterocycles. The molecule has 0 atom stereocenters. The van der Waals surface area contributed by atoms with Crippen LogP contribution in [0, 0.1) is 16.7 Å². The Hall–Kier alpha value is 0.596. The van der Waals surface area contributed by atoms with E-state index in [1.54, 1.807) is 0 Å². The van der Waals surface area contributed by atoms with Crippen LogP contribution >= 0.6 is 0 Å². The monoisotopic (exact) mass is 207 g/mol. The molecule has 13 heavy (non-hydrogen) atoms. The van der Waals surface area contributed by atoms with Gasteiger partial charge in [0.2, 0.25) is 0 Å². The Balaban J connectivity index is 0.00000144. The van der Waals surface area contributed by atoms with Crippen molar-refractivity contribution >= 4 is 57.4 Å². The van der Waals surface area contributed by atoms with E-state index in [1.165, 1.54) is 0 Å². The summed E-state index contributed by atoms with van der Waals surface area (Å²) in [6.45, 7) is 0. The van der Waals surface area contributed by atoms with Crippen molar-refractivity contribution in [2.24, 2.45) is 5.41 Å². The normalized spacial score (nSPS) is 19.6. The van der Waals surface area contributed by atoms with E-state index in [9.17, 15) is 4.79 Å². The third kappa shape index (κ3) is 4.09. The summed E-state index contributed by atoms with van der Waals surface area (Å²) in [5, 5.41) is 17.5. The summed E-state index contributed by atoms with van der Waals surface area (Å²) in [5.74, 6) is -0.849. The fourth-order valence-electron chi connectivity index (χ4n) is 1.85. The second-order valence-corrected chi connectivity index (χ2v) is 3.52. The van der Waals surface area contributed by atoms with Crippen molar-refractivity contribution in [1.29, 1.82) is 5.26 Å². The van der Waals surface area contributed by atoms with Crippen molar-refractivity contribution in [3.05, 3.63) is 0 Å². The Morgan fingerprint density at radius 1 is 1.38 bits per heavy atom. The van der Waals surface area contributed by atoms with E-state index in [2.05, 4.69) is 6.07 Å². The van der Waals surface area contributed by atoms with Gasteiger partial charge in [0, 0.05) is 0 Å². The van der Waals surface area contributed by atoms with E-state index >= 15 is 0 Å². The predicted octanol–water partition coefficient (Wildman–Crippen LogP) is 1.29. The average molecular weight is 207 g/mol. The summed E-state index contributed by atoms with van der Waals surface area (Å²) in [6.07, 6.45) is 4.68. The summed E-state index contributed by atoms with van der Waals surface area (Å²) in [7, 11) is 0. The minimum absolute atomic E-state index is 0. The molecule has 1 fully saturated rings. The molecule has 0 saturated heterocycles. The zero-order valence-electron chi connectivity index (χ0n) is 7.05. The molecule has 0 heterocycles. The average Bonchev–Trinajstić information content (AvgIpc) is 2.05. The van der Waals surface area contributed by atoms with Gasteiger partial charge in [0.1, 0.15) is 0 Å². The summed E-state index contributed by atoms with van der Waals surface area (Å²) in [6, 6.07) is 2.17. The van der Waals surface area contributed by atoms with Gasteiger partial charge in [-0.3, -0.25) is 4.79 Å². The minimum atomic E-state index is -0.849. The molecule has 0 aromatic carbocycles. The molecule has 0 aliphatic heterocycles. The van der Waals surface area contributed by atoms with Crippen LogP contribution < -0.4 is 0 Å². The van der Waals surface area contributed by atoms with Crippen molar-refractivity contribution in [1.82, 2.24) is 0 Å². The Bertz CT molecular complexity index is 216. The van der Waals surface area contributed by atoms with Gasteiger partial charge in [-0.1, -0.05) is 19.3 Å². The van der Waals surface area contributed by atoms with E-state index < -0.39 is 11.4 Å². The number of carboxylic acids is 1. The van der Waals surface area contributed by atoms with E-state index in [0.717, 1.165) is 32.1 Å². The summed E-state index contributed by atoms with van der Waals surface area (Å²) in [4.78, 5) is 10.5. The van der Waals surface area contributed by atoms with Crippen LogP contribution in [0.2, 0.25) is 0 Å². The van der Waals surface area contributed by atoms with Gasteiger partial charge in [-0.2, -0.15) is 5.26 Å². The molecule has 0 aromatic rings. The van der Waals surface area contributed by atoms with Gasteiger partial charge in [0.15, 0.2) is 0 Å². The Morgan fingerprint density at radius 3 is 2.31 bits per heavy atom. The second kappa shape index (κ2) is 6.15. The van der Waals surface area contributed by atoms with Crippen LogP contribution in [-0.4, -0.2) is 62.5 Å². The number of aliphatic carboxylic acids is 1. The molecule has 68 valence electrons. The van der Waals surface area contributed by atoms with Crippen molar-refractivity contribution in [2.45, 2.75) is 38.5 Å². The van der Waals surface area contributed by atoms with E-state index in [1.807, 2.05) is 0 Å². The van der Waals surface area contributed by atoms with Crippen molar-refractivity contribution in [2.75, 3.05) is 0 Å². The number of carboxylic acid groups (broad SMARTS) is 1. The van der Waals surface area contributed by atoms with E-state index in [-0.39, 0.29) is 57.8 Å². The van der Waals surface area contributed by atoms with Crippen LogP contribution in [0.5, 0.6) is 0 Å². The Morgan fingerprint density at radius 2 is 1.92 bits per heavy atom. The fraction of sp³-hybridized carbons (Fsp3) is 0.778. The summed E-state index contributed by atoms with van der Waals surface area (Å²) >= 11 is 0. The fourth-order valence-corrected chi connectivity index (χ4v) is 1.85. The zero-order chi connectivity index (χ0) is 9.03. The first-order chi connectivity index (χ1) is 5.68. The van der Waals surface area contributed by atoms with Gasteiger partial charge in [-0.15, -0.1) is 0 Å². The number of nitriles is 1. The van der Waals surface area contributed by atoms with Crippen LogP contribution in [0.3, 0.4) is 0 Å². The molecule has 1 saturated carbocycles. The molecule has 1 aliphatic carbocycles. The standard InChI is InChI=1S/C9H13NO2.K.H/c10-7-9(6-8(11)12)4-2-1-3-5-9;;/h1-6H2,(H,11,12);;. The predicted molar refractivity (Wildman–Crippen MR) is 50.5 cm³/mol. The summed E-state index contributed by atoms with van der Waals surface area (Å²) in [5.41, 5.74) is -0.552. The quantitative estimate of drug-likeness (QED) is 0.694. The molecule has 0 spiro atoms. The van der Waals surface area contributed by atoms with Crippen LogP contribution in [0.4, 0.5) is 0 Å². The molecule has 4 heteroatoms. The third-order valence-corrected chi connectivity index (χ3v) is 2.54. The van der Waals surface area contributed by atoms with Gasteiger partial charge in [-0.25, -0.2) is 0 Å².